The normalized spacial score (nSPS) is 36.7. The van der Waals surface area contributed by atoms with Crippen LogP contribution in [-0.2, 0) is 9.53 Å². The fraction of sp³-hybridized carbons (Fsp3) is 0.640. The van der Waals surface area contributed by atoms with E-state index in [9.17, 15) is 9.18 Å². The summed E-state index contributed by atoms with van der Waals surface area (Å²) in [6.45, 7) is 8.73. The Morgan fingerprint density at radius 2 is 1.97 bits per heavy atom. The van der Waals surface area contributed by atoms with Gasteiger partial charge < -0.3 is 9.64 Å². The average Bonchev–Trinajstić information content (AvgIpc) is 3.01. The van der Waals surface area contributed by atoms with Crippen LogP contribution < -0.4 is 4.90 Å². The van der Waals surface area contributed by atoms with E-state index in [0.29, 0.717) is 11.6 Å². The number of rotatable bonds is 3. The SMILES string of the molecule is C[C@H]1CCC[C@]2(C)C[C@H]3OC(=O)C(CN4CCN(c5ccccc5F)CC4)[C@H]3C=C12. The van der Waals surface area contributed by atoms with Crippen LogP contribution in [0.15, 0.2) is 35.9 Å². The molecule has 162 valence electrons. The molecule has 2 aliphatic heterocycles. The molecule has 2 aliphatic carbocycles. The molecule has 30 heavy (non-hydrogen) atoms. The van der Waals surface area contributed by atoms with Gasteiger partial charge in [-0.05, 0) is 42.7 Å². The van der Waals surface area contributed by atoms with Crippen molar-refractivity contribution in [2.24, 2.45) is 23.2 Å². The summed E-state index contributed by atoms with van der Waals surface area (Å²) in [6.07, 6.45) is 7.21. The van der Waals surface area contributed by atoms with Gasteiger partial charge in [-0.3, -0.25) is 9.69 Å². The van der Waals surface area contributed by atoms with Crippen LogP contribution in [0.5, 0.6) is 0 Å². The third-order valence-corrected chi connectivity index (χ3v) is 8.10. The summed E-state index contributed by atoms with van der Waals surface area (Å²) in [7, 11) is 0. The molecule has 1 aromatic rings. The lowest BCUT2D eigenvalue weighted by molar-refractivity contribution is -0.145. The molecule has 0 aromatic heterocycles. The third-order valence-electron chi connectivity index (χ3n) is 8.10. The van der Waals surface area contributed by atoms with Crippen molar-refractivity contribution < 1.29 is 13.9 Å². The van der Waals surface area contributed by atoms with E-state index in [4.69, 9.17) is 4.74 Å². The number of esters is 1. The van der Waals surface area contributed by atoms with Gasteiger partial charge in [0.1, 0.15) is 11.9 Å². The van der Waals surface area contributed by atoms with Crippen LogP contribution in [0, 0.1) is 29.0 Å². The van der Waals surface area contributed by atoms with Crippen molar-refractivity contribution in [1.82, 2.24) is 4.90 Å². The van der Waals surface area contributed by atoms with E-state index in [1.54, 1.807) is 11.6 Å². The molecule has 2 heterocycles. The third kappa shape index (κ3) is 3.45. The molecular weight excluding hydrogens is 379 g/mol. The summed E-state index contributed by atoms with van der Waals surface area (Å²) in [5, 5.41) is 0. The highest BCUT2D eigenvalue weighted by Gasteiger charge is 2.52. The predicted octanol–water partition coefficient (Wildman–Crippen LogP) is 4.26. The standard InChI is InChI=1S/C25H33FN2O2/c1-17-6-5-9-25(2)15-23-18(14-20(17)25)19(24(29)30-23)16-27-10-12-28(13-11-27)22-8-4-3-7-21(22)26/h3-4,7-8,14,17-19,23H,5-6,9-13,15-16H2,1-2H3/t17-,18+,19?,23+,25+/m0/s1. The van der Waals surface area contributed by atoms with Crippen molar-refractivity contribution in [3.63, 3.8) is 0 Å². The molecule has 1 saturated carbocycles. The minimum atomic E-state index is -0.161. The molecule has 3 fully saturated rings. The van der Waals surface area contributed by atoms with Gasteiger partial charge in [0.25, 0.3) is 0 Å². The van der Waals surface area contributed by atoms with Crippen molar-refractivity contribution in [3.8, 4) is 0 Å². The molecular formula is C25H33FN2O2. The fourth-order valence-corrected chi connectivity index (χ4v) is 6.42. The predicted molar refractivity (Wildman–Crippen MR) is 116 cm³/mol. The lowest BCUT2D eigenvalue weighted by Gasteiger charge is -2.46. The van der Waals surface area contributed by atoms with Gasteiger partial charge in [0.15, 0.2) is 0 Å². The van der Waals surface area contributed by atoms with Gasteiger partial charge in [0.05, 0.1) is 11.6 Å². The molecule has 0 spiro atoms. The largest absolute Gasteiger partial charge is 0.461 e. The van der Waals surface area contributed by atoms with Crippen LogP contribution in [0.2, 0.25) is 0 Å². The number of halogens is 1. The second-order valence-corrected chi connectivity index (χ2v) is 10.1. The molecule has 1 unspecified atom stereocenters. The summed E-state index contributed by atoms with van der Waals surface area (Å²) >= 11 is 0. The van der Waals surface area contributed by atoms with Crippen LogP contribution in [0.3, 0.4) is 0 Å². The summed E-state index contributed by atoms with van der Waals surface area (Å²) in [5.74, 6) is 0.581. The number of piperazine rings is 1. The first kappa shape index (κ1) is 20.0. The molecule has 2 saturated heterocycles. The molecule has 5 atom stereocenters. The van der Waals surface area contributed by atoms with Gasteiger partial charge in [-0.15, -0.1) is 0 Å². The second-order valence-electron chi connectivity index (χ2n) is 10.1. The first-order chi connectivity index (χ1) is 14.4. The van der Waals surface area contributed by atoms with E-state index >= 15 is 0 Å². The topological polar surface area (TPSA) is 32.8 Å². The number of hydrogen-bond acceptors (Lipinski definition) is 4. The lowest BCUT2D eigenvalue weighted by Crippen LogP contribution is -2.49. The Morgan fingerprint density at radius 1 is 1.20 bits per heavy atom. The van der Waals surface area contributed by atoms with Gasteiger partial charge in [-0.25, -0.2) is 4.39 Å². The summed E-state index contributed by atoms with van der Waals surface area (Å²) in [5.41, 5.74) is 2.46. The Bertz CT molecular complexity index is 847. The minimum absolute atomic E-state index is 0.0201. The maximum absolute atomic E-state index is 14.1. The maximum Gasteiger partial charge on any atom is 0.311 e. The second kappa shape index (κ2) is 7.67. The van der Waals surface area contributed by atoms with Gasteiger partial charge >= 0.3 is 5.97 Å². The van der Waals surface area contributed by atoms with E-state index in [2.05, 4.69) is 29.7 Å². The highest BCUT2D eigenvalue weighted by atomic mass is 19.1. The number of allylic oxidation sites excluding steroid dienone is 1. The number of ether oxygens (including phenoxy) is 1. The first-order valence-electron chi connectivity index (χ1n) is 11.6. The molecule has 0 bridgehead atoms. The van der Waals surface area contributed by atoms with Crippen molar-refractivity contribution in [1.29, 1.82) is 0 Å². The Morgan fingerprint density at radius 3 is 2.73 bits per heavy atom. The maximum atomic E-state index is 14.1. The molecule has 0 amide bonds. The number of benzene rings is 1. The lowest BCUT2D eigenvalue weighted by atomic mass is 9.59. The number of hydrogen-bond donors (Lipinski definition) is 0. The van der Waals surface area contributed by atoms with Gasteiger partial charge in [-0.1, -0.05) is 44.1 Å². The molecule has 5 rings (SSSR count). The van der Waals surface area contributed by atoms with Crippen LogP contribution in [0.25, 0.3) is 0 Å². The van der Waals surface area contributed by atoms with Crippen molar-refractivity contribution in [2.45, 2.75) is 45.6 Å². The molecule has 0 N–H and O–H groups in total. The number of carbonyl (C=O) groups is 1. The molecule has 4 aliphatic rings. The van der Waals surface area contributed by atoms with Crippen molar-refractivity contribution in [3.05, 3.63) is 41.7 Å². The van der Waals surface area contributed by atoms with Crippen LogP contribution in [0.1, 0.15) is 39.5 Å². The van der Waals surface area contributed by atoms with Crippen molar-refractivity contribution in [2.75, 3.05) is 37.6 Å². The number of para-hydroxylation sites is 1. The highest BCUT2D eigenvalue weighted by Crippen LogP contribution is 2.54. The number of anilines is 1. The zero-order chi connectivity index (χ0) is 20.9. The Balaban J connectivity index is 1.27. The fourth-order valence-electron chi connectivity index (χ4n) is 6.42. The molecule has 5 heteroatoms. The summed E-state index contributed by atoms with van der Waals surface area (Å²) < 4.78 is 20.0. The van der Waals surface area contributed by atoms with E-state index in [1.165, 1.54) is 25.3 Å². The summed E-state index contributed by atoms with van der Waals surface area (Å²) in [6, 6.07) is 6.98. The highest BCUT2D eigenvalue weighted by molar-refractivity contribution is 5.76. The van der Waals surface area contributed by atoms with Crippen LogP contribution in [0.4, 0.5) is 10.1 Å². The first-order valence-corrected chi connectivity index (χ1v) is 11.6. The average molecular weight is 413 g/mol. The van der Waals surface area contributed by atoms with Gasteiger partial charge in [0, 0.05) is 38.6 Å². The molecule has 4 nitrogen and oxygen atoms in total. The van der Waals surface area contributed by atoms with Gasteiger partial charge in [0.2, 0.25) is 0 Å². The Kier molecular flexibility index (Phi) is 5.12. The number of carbonyl (C=O) groups excluding carboxylic acids is 1. The number of nitrogens with zero attached hydrogens (tertiary/aromatic N) is 2. The zero-order valence-corrected chi connectivity index (χ0v) is 18.1. The van der Waals surface area contributed by atoms with E-state index in [1.807, 2.05) is 12.1 Å². The molecule has 0 radical (unpaired) electrons. The van der Waals surface area contributed by atoms with Gasteiger partial charge in [-0.2, -0.15) is 0 Å². The van der Waals surface area contributed by atoms with E-state index < -0.39 is 0 Å². The van der Waals surface area contributed by atoms with E-state index in [-0.39, 0.29) is 35.1 Å². The molecule has 1 aromatic carbocycles. The van der Waals surface area contributed by atoms with Crippen LogP contribution in [-0.4, -0.2) is 49.7 Å². The number of fused-ring (bicyclic) bond motifs is 2. The monoisotopic (exact) mass is 412 g/mol. The zero-order valence-electron chi connectivity index (χ0n) is 18.1. The quantitative estimate of drug-likeness (QED) is 0.549. The summed E-state index contributed by atoms with van der Waals surface area (Å²) in [4.78, 5) is 17.3. The van der Waals surface area contributed by atoms with E-state index in [0.717, 1.165) is 39.1 Å². The van der Waals surface area contributed by atoms with Crippen LogP contribution >= 0.6 is 0 Å². The van der Waals surface area contributed by atoms with Crippen molar-refractivity contribution >= 4 is 11.7 Å². The minimum Gasteiger partial charge on any atom is -0.461 e. The smallest absolute Gasteiger partial charge is 0.311 e. The Hall–Kier alpha value is -1.88. The Labute approximate surface area is 179 Å².